The molecule has 0 amide bonds. The Morgan fingerprint density at radius 1 is 0.882 bits per heavy atom. The summed E-state index contributed by atoms with van der Waals surface area (Å²) in [7, 11) is 0. The third kappa shape index (κ3) is 11.2. The highest BCUT2D eigenvalue weighted by Crippen LogP contribution is 2.06. The molecule has 0 aromatic rings. The van der Waals surface area contributed by atoms with Crippen molar-refractivity contribution in [2.45, 2.75) is 44.6 Å². The molecule has 0 aromatic carbocycles. The molecular formula is C16H26O. The van der Waals surface area contributed by atoms with Crippen molar-refractivity contribution in [3.8, 4) is 0 Å². The first-order chi connectivity index (χ1) is 8.35. The highest BCUT2D eigenvalue weighted by Gasteiger charge is 2.01. The van der Waals surface area contributed by atoms with Gasteiger partial charge in [-0.2, -0.15) is 0 Å². The molecule has 0 N–H and O–H groups in total. The molecule has 1 unspecified atom stereocenters. The summed E-state index contributed by atoms with van der Waals surface area (Å²) in [5.41, 5.74) is 0. The fourth-order valence-corrected chi connectivity index (χ4v) is 1.48. The summed E-state index contributed by atoms with van der Waals surface area (Å²) >= 11 is 0. The molecule has 0 bridgehead atoms. The predicted octanol–water partition coefficient (Wildman–Crippen LogP) is 4.83. The maximum atomic E-state index is 5.69. The molecule has 0 aromatic heterocycles. The summed E-state index contributed by atoms with van der Waals surface area (Å²) in [6.45, 7) is 11.9. The second-order valence-corrected chi connectivity index (χ2v) is 4.02. The molecular weight excluding hydrogens is 208 g/mol. The average molecular weight is 234 g/mol. The van der Waals surface area contributed by atoms with E-state index < -0.39 is 0 Å². The lowest BCUT2D eigenvalue weighted by molar-refractivity contribution is 0.101. The predicted molar refractivity (Wildman–Crippen MR) is 77.2 cm³/mol. The van der Waals surface area contributed by atoms with Crippen molar-refractivity contribution < 1.29 is 4.74 Å². The summed E-state index contributed by atoms with van der Waals surface area (Å²) in [4.78, 5) is 0. The molecule has 0 heterocycles. The standard InChI is InChI=1S/C16H26O/c1-4-7-9-10-11-13-15-17-16(6-3)14-12-8-5-2/h4-6,11,13,16H,1-3,7-10,12,14-15H2. The summed E-state index contributed by atoms with van der Waals surface area (Å²) in [6, 6.07) is 0. The number of hydrogen-bond donors (Lipinski definition) is 0. The second kappa shape index (κ2) is 13.0. The van der Waals surface area contributed by atoms with Crippen LogP contribution in [0, 0.1) is 0 Å². The van der Waals surface area contributed by atoms with Gasteiger partial charge in [-0.3, -0.25) is 0 Å². The molecule has 0 aliphatic heterocycles. The molecule has 0 saturated carbocycles. The Morgan fingerprint density at radius 2 is 1.59 bits per heavy atom. The molecule has 0 saturated heterocycles. The molecule has 1 heteroatoms. The van der Waals surface area contributed by atoms with E-state index in [9.17, 15) is 0 Å². The van der Waals surface area contributed by atoms with E-state index in [4.69, 9.17) is 4.74 Å². The monoisotopic (exact) mass is 234 g/mol. The van der Waals surface area contributed by atoms with Gasteiger partial charge in [0.2, 0.25) is 0 Å². The van der Waals surface area contributed by atoms with Crippen LogP contribution in [0.5, 0.6) is 0 Å². The van der Waals surface area contributed by atoms with E-state index in [1.807, 2.05) is 18.2 Å². The second-order valence-electron chi connectivity index (χ2n) is 4.02. The number of rotatable bonds is 12. The van der Waals surface area contributed by atoms with Crippen molar-refractivity contribution in [3.63, 3.8) is 0 Å². The SMILES string of the molecule is C=CCCCC=CCOC(C=C)CCCC=C. The lowest BCUT2D eigenvalue weighted by Gasteiger charge is -2.11. The van der Waals surface area contributed by atoms with Crippen LogP contribution in [0.15, 0.2) is 50.1 Å². The minimum absolute atomic E-state index is 0.174. The lowest BCUT2D eigenvalue weighted by Crippen LogP contribution is -2.09. The van der Waals surface area contributed by atoms with E-state index in [-0.39, 0.29) is 6.10 Å². The van der Waals surface area contributed by atoms with Gasteiger partial charge in [0.15, 0.2) is 0 Å². The van der Waals surface area contributed by atoms with Crippen molar-refractivity contribution in [2.24, 2.45) is 0 Å². The molecule has 1 atom stereocenters. The minimum atomic E-state index is 0.174. The molecule has 17 heavy (non-hydrogen) atoms. The maximum Gasteiger partial charge on any atom is 0.0757 e. The van der Waals surface area contributed by atoms with Crippen LogP contribution in [0.1, 0.15) is 38.5 Å². The highest BCUT2D eigenvalue weighted by molar-refractivity contribution is 4.86. The number of ether oxygens (including phenoxy) is 1. The van der Waals surface area contributed by atoms with Gasteiger partial charge in [0, 0.05) is 0 Å². The van der Waals surface area contributed by atoms with Gasteiger partial charge in [-0.05, 0) is 38.5 Å². The highest BCUT2D eigenvalue weighted by atomic mass is 16.5. The summed E-state index contributed by atoms with van der Waals surface area (Å²) in [5.74, 6) is 0. The number of allylic oxidation sites excluding steroid dienone is 3. The molecule has 0 rings (SSSR count). The number of hydrogen-bond acceptors (Lipinski definition) is 1. The Labute approximate surface area is 107 Å². The van der Waals surface area contributed by atoms with Crippen LogP contribution in [0.3, 0.4) is 0 Å². The molecule has 0 radical (unpaired) electrons. The van der Waals surface area contributed by atoms with Gasteiger partial charge in [-0.1, -0.05) is 30.4 Å². The van der Waals surface area contributed by atoms with E-state index in [0.29, 0.717) is 6.61 Å². The van der Waals surface area contributed by atoms with Crippen molar-refractivity contribution in [3.05, 3.63) is 50.1 Å². The van der Waals surface area contributed by atoms with Gasteiger partial charge >= 0.3 is 0 Å². The van der Waals surface area contributed by atoms with Crippen molar-refractivity contribution in [1.29, 1.82) is 0 Å². The van der Waals surface area contributed by atoms with Crippen LogP contribution in [0.4, 0.5) is 0 Å². The third-order valence-corrected chi connectivity index (χ3v) is 2.51. The van der Waals surface area contributed by atoms with Crippen molar-refractivity contribution in [1.82, 2.24) is 0 Å². The Balaban J connectivity index is 3.50. The Morgan fingerprint density at radius 3 is 2.24 bits per heavy atom. The summed E-state index contributed by atoms with van der Waals surface area (Å²) in [6.07, 6.45) is 16.8. The first-order valence-electron chi connectivity index (χ1n) is 6.46. The van der Waals surface area contributed by atoms with Crippen molar-refractivity contribution >= 4 is 0 Å². The molecule has 96 valence electrons. The van der Waals surface area contributed by atoms with Gasteiger partial charge < -0.3 is 4.74 Å². The topological polar surface area (TPSA) is 9.23 Å². The first-order valence-corrected chi connectivity index (χ1v) is 6.46. The van der Waals surface area contributed by atoms with Gasteiger partial charge in [0.25, 0.3) is 0 Å². The van der Waals surface area contributed by atoms with Crippen LogP contribution < -0.4 is 0 Å². The quantitative estimate of drug-likeness (QED) is 0.347. The Kier molecular flexibility index (Phi) is 12.2. The zero-order valence-corrected chi connectivity index (χ0v) is 10.9. The van der Waals surface area contributed by atoms with Crippen LogP contribution in [0.25, 0.3) is 0 Å². The van der Waals surface area contributed by atoms with E-state index in [0.717, 1.165) is 32.1 Å². The summed E-state index contributed by atoms with van der Waals surface area (Å²) < 4.78 is 5.69. The Bertz CT molecular complexity index is 228. The van der Waals surface area contributed by atoms with Gasteiger partial charge in [-0.15, -0.1) is 19.7 Å². The van der Waals surface area contributed by atoms with E-state index in [2.05, 4.69) is 31.9 Å². The van der Waals surface area contributed by atoms with Crippen LogP contribution >= 0.6 is 0 Å². The fraction of sp³-hybridized carbons (Fsp3) is 0.500. The molecule has 0 aliphatic rings. The Hall–Kier alpha value is -1.08. The largest absolute Gasteiger partial charge is 0.370 e. The van der Waals surface area contributed by atoms with Gasteiger partial charge in [0.1, 0.15) is 0 Å². The third-order valence-electron chi connectivity index (χ3n) is 2.51. The molecule has 0 aliphatic carbocycles. The van der Waals surface area contributed by atoms with E-state index in [1.165, 1.54) is 6.42 Å². The average Bonchev–Trinajstić information content (AvgIpc) is 2.35. The van der Waals surface area contributed by atoms with Gasteiger partial charge in [0.05, 0.1) is 12.7 Å². The molecule has 1 nitrogen and oxygen atoms in total. The molecule has 0 spiro atoms. The normalized spacial score (nSPS) is 12.5. The van der Waals surface area contributed by atoms with Crippen LogP contribution in [-0.4, -0.2) is 12.7 Å². The fourth-order valence-electron chi connectivity index (χ4n) is 1.48. The van der Waals surface area contributed by atoms with E-state index in [1.54, 1.807) is 0 Å². The van der Waals surface area contributed by atoms with Gasteiger partial charge in [-0.25, -0.2) is 0 Å². The number of unbranched alkanes of at least 4 members (excludes halogenated alkanes) is 3. The summed E-state index contributed by atoms with van der Waals surface area (Å²) in [5, 5.41) is 0. The molecule has 0 fully saturated rings. The van der Waals surface area contributed by atoms with Crippen LogP contribution in [-0.2, 0) is 4.74 Å². The van der Waals surface area contributed by atoms with E-state index >= 15 is 0 Å². The maximum absolute atomic E-state index is 5.69. The smallest absolute Gasteiger partial charge is 0.0757 e. The lowest BCUT2D eigenvalue weighted by atomic mass is 10.1. The minimum Gasteiger partial charge on any atom is -0.370 e. The zero-order chi connectivity index (χ0) is 12.8. The van der Waals surface area contributed by atoms with Crippen molar-refractivity contribution in [2.75, 3.05) is 6.61 Å². The first kappa shape index (κ1) is 15.9. The zero-order valence-electron chi connectivity index (χ0n) is 10.9. The van der Waals surface area contributed by atoms with Crippen LogP contribution in [0.2, 0.25) is 0 Å².